The highest BCUT2D eigenvalue weighted by molar-refractivity contribution is 5.87. The van der Waals surface area contributed by atoms with E-state index in [1.165, 1.54) is 44.2 Å². The fourth-order valence-corrected chi connectivity index (χ4v) is 2.96. The van der Waals surface area contributed by atoms with Gasteiger partial charge in [0.2, 0.25) is 0 Å². The molecule has 0 aromatic carbocycles. The summed E-state index contributed by atoms with van der Waals surface area (Å²) in [6, 6.07) is 0. The first-order valence-corrected chi connectivity index (χ1v) is 8.33. The van der Waals surface area contributed by atoms with Gasteiger partial charge in [0, 0.05) is 5.92 Å². The lowest BCUT2D eigenvalue weighted by Gasteiger charge is -2.30. The zero-order valence-corrected chi connectivity index (χ0v) is 13.5. The second kappa shape index (κ2) is 9.39. The van der Waals surface area contributed by atoms with Gasteiger partial charge >= 0.3 is 0 Å². The van der Waals surface area contributed by atoms with Crippen molar-refractivity contribution in [2.24, 2.45) is 22.9 Å². The Bertz CT molecular complexity index is 260. The van der Waals surface area contributed by atoms with E-state index in [1.807, 2.05) is 0 Å². The molecule has 0 aliphatic heterocycles. The molecule has 1 rings (SSSR count). The molecule has 0 aromatic heterocycles. The highest BCUT2D eigenvalue weighted by atomic mass is 16.6. The predicted molar refractivity (Wildman–Crippen MR) is 83.5 cm³/mol. The SMILES string of the molecule is CCCCCCCO/N=C1\C[C@H](C)CC[C@H]1C(C)C. The largest absolute Gasteiger partial charge is 0.396 e. The summed E-state index contributed by atoms with van der Waals surface area (Å²) in [6.07, 6.45) is 10.2. The highest BCUT2D eigenvalue weighted by Gasteiger charge is 2.27. The van der Waals surface area contributed by atoms with E-state index < -0.39 is 0 Å². The van der Waals surface area contributed by atoms with Crippen molar-refractivity contribution < 1.29 is 4.84 Å². The number of unbranched alkanes of at least 4 members (excludes halogenated alkanes) is 4. The van der Waals surface area contributed by atoms with E-state index in [-0.39, 0.29) is 0 Å². The van der Waals surface area contributed by atoms with Crippen LogP contribution in [0.4, 0.5) is 0 Å². The average molecular weight is 267 g/mol. The van der Waals surface area contributed by atoms with Gasteiger partial charge in [-0.1, -0.05) is 52.1 Å². The highest BCUT2D eigenvalue weighted by Crippen LogP contribution is 2.31. The molecule has 2 heteroatoms. The van der Waals surface area contributed by atoms with E-state index >= 15 is 0 Å². The Balaban J connectivity index is 2.27. The third-order valence-electron chi connectivity index (χ3n) is 4.28. The van der Waals surface area contributed by atoms with Gasteiger partial charge in [-0.2, -0.15) is 0 Å². The number of oxime groups is 1. The number of rotatable bonds is 8. The van der Waals surface area contributed by atoms with Crippen LogP contribution in [0.5, 0.6) is 0 Å². The zero-order chi connectivity index (χ0) is 14.1. The summed E-state index contributed by atoms with van der Waals surface area (Å²) in [5, 5.41) is 4.47. The molecule has 0 unspecified atom stereocenters. The summed E-state index contributed by atoms with van der Waals surface area (Å²) in [5.41, 5.74) is 1.32. The average Bonchev–Trinajstić information content (AvgIpc) is 2.37. The molecule has 1 fully saturated rings. The molecule has 2 nitrogen and oxygen atoms in total. The lowest BCUT2D eigenvalue weighted by Crippen LogP contribution is -2.28. The number of nitrogens with zero attached hydrogens (tertiary/aromatic N) is 1. The van der Waals surface area contributed by atoms with Crippen LogP contribution in [-0.4, -0.2) is 12.3 Å². The van der Waals surface area contributed by atoms with Crippen molar-refractivity contribution in [3.8, 4) is 0 Å². The molecule has 2 atom stereocenters. The van der Waals surface area contributed by atoms with Gasteiger partial charge in [-0.3, -0.25) is 0 Å². The van der Waals surface area contributed by atoms with Crippen LogP contribution >= 0.6 is 0 Å². The van der Waals surface area contributed by atoms with E-state index in [1.54, 1.807) is 0 Å². The van der Waals surface area contributed by atoms with Crippen molar-refractivity contribution >= 4 is 5.71 Å². The molecule has 19 heavy (non-hydrogen) atoms. The molecule has 0 radical (unpaired) electrons. The number of hydrogen-bond donors (Lipinski definition) is 0. The van der Waals surface area contributed by atoms with Gasteiger partial charge in [-0.25, -0.2) is 0 Å². The van der Waals surface area contributed by atoms with Gasteiger partial charge in [0.15, 0.2) is 0 Å². The fraction of sp³-hybridized carbons (Fsp3) is 0.941. The Morgan fingerprint density at radius 1 is 1.16 bits per heavy atom. The summed E-state index contributed by atoms with van der Waals surface area (Å²) in [6.45, 7) is 9.99. The van der Waals surface area contributed by atoms with Gasteiger partial charge in [0.05, 0.1) is 5.71 Å². The summed E-state index contributed by atoms with van der Waals surface area (Å²) in [4.78, 5) is 5.57. The minimum atomic E-state index is 0.649. The van der Waals surface area contributed by atoms with Gasteiger partial charge in [-0.05, 0) is 43.9 Å². The van der Waals surface area contributed by atoms with Crippen LogP contribution in [0.3, 0.4) is 0 Å². The maximum Gasteiger partial charge on any atom is 0.117 e. The molecule has 0 spiro atoms. The normalized spacial score (nSPS) is 26.1. The van der Waals surface area contributed by atoms with Crippen LogP contribution in [0.15, 0.2) is 5.16 Å². The van der Waals surface area contributed by atoms with Crippen molar-refractivity contribution in [1.82, 2.24) is 0 Å². The molecule has 1 saturated carbocycles. The molecule has 0 amide bonds. The minimum absolute atomic E-state index is 0.649. The zero-order valence-electron chi connectivity index (χ0n) is 13.5. The third-order valence-corrected chi connectivity index (χ3v) is 4.28. The smallest absolute Gasteiger partial charge is 0.117 e. The topological polar surface area (TPSA) is 21.6 Å². The molecule has 112 valence electrons. The maximum atomic E-state index is 5.57. The van der Waals surface area contributed by atoms with Gasteiger partial charge < -0.3 is 4.84 Å². The van der Waals surface area contributed by atoms with Crippen molar-refractivity contribution in [3.05, 3.63) is 0 Å². The standard InChI is InChI=1S/C17H33NO/c1-5-6-7-8-9-12-19-18-17-13-15(4)10-11-16(17)14(2)3/h14-16H,5-13H2,1-4H3/b18-17+/t15-,16+/m1/s1. The van der Waals surface area contributed by atoms with Crippen molar-refractivity contribution in [2.45, 2.75) is 79.1 Å². The Kier molecular flexibility index (Phi) is 8.16. The van der Waals surface area contributed by atoms with Gasteiger partial charge in [0.25, 0.3) is 0 Å². The first-order valence-electron chi connectivity index (χ1n) is 8.33. The quantitative estimate of drug-likeness (QED) is 0.425. The van der Waals surface area contributed by atoms with E-state index in [4.69, 9.17) is 4.84 Å². The molecule has 0 bridgehead atoms. The van der Waals surface area contributed by atoms with E-state index in [2.05, 4.69) is 32.9 Å². The van der Waals surface area contributed by atoms with Gasteiger partial charge in [-0.15, -0.1) is 0 Å². The van der Waals surface area contributed by atoms with Crippen molar-refractivity contribution in [2.75, 3.05) is 6.61 Å². The predicted octanol–water partition coefficient (Wildman–Crippen LogP) is 5.42. The molecule has 1 aliphatic rings. The summed E-state index contributed by atoms with van der Waals surface area (Å²) in [7, 11) is 0. The second-order valence-corrected chi connectivity index (χ2v) is 6.57. The Morgan fingerprint density at radius 3 is 2.58 bits per heavy atom. The van der Waals surface area contributed by atoms with E-state index in [9.17, 15) is 0 Å². The van der Waals surface area contributed by atoms with E-state index in [0.29, 0.717) is 11.8 Å². The minimum Gasteiger partial charge on any atom is -0.396 e. The molecule has 0 heterocycles. The van der Waals surface area contributed by atoms with Crippen LogP contribution in [0.1, 0.15) is 79.1 Å². The first-order chi connectivity index (χ1) is 9.15. The van der Waals surface area contributed by atoms with Crippen LogP contribution in [0.2, 0.25) is 0 Å². The van der Waals surface area contributed by atoms with E-state index in [0.717, 1.165) is 25.4 Å². The molecule has 0 N–H and O–H groups in total. The summed E-state index contributed by atoms with van der Waals surface area (Å²) >= 11 is 0. The Hall–Kier alpha value is -0.530. The Labute approximate surface area is 120 Å². The van der Waals surface area contributed by atoms with Crippen LogP contribution in [-0.2, 0) is 4.84 Å². The van der Waals surface area contributed by atoms with Crippen LogP contribution in [0.25, 0.3) is 0 Å². The second-order valence-electron chi connectivity index (χ2n) is 6.57. The van der Waals surface area contributed by atoms with Gasteiger partial charge in [0.1, 0.15) is 6.61 Å². The Morgan fingerprint density at radius 2 is 1.89 bits per heavy atom. The summed E-state index contributed by atoms with van der Waals surface area (Å²) in [5.74, 6) is 2.12. The van der Waals surface area contributed by atoms with Crippen molar-refractivity contribution in [1.29, 1.82) is 0 Å². The molecule has 0 saturated heterocycles. The van der Waals surface area contributed by atoms with Crippen LogP contribution in [0, 0.1) is 17.8 Å². The molecular weight excluding hydrogens is 234 g/mol. The monoisotopic (exact) mass is 267 g/mol. The molecule has 1 aliphatic carbocycles. The lowest BCUT2D eigenvalue weighted by atomic mass is 9.76. The van der Waals surface area contributed by atoms with Crippen LogP contribution < -0.4 is 0 Å². The lowest BCUT2D eigenvalue weighted by molar-refractivity contribution is 0.134. The molecular formula is C17H33NO. The number of hydrogen-bond acceptors (Lipinski definition) is 2. The fourth-order valence-electron chi connectivity index (χ4n) is 2.96. The first kappa shape index (κ1) is 16.5. The summed E-state index contributed by atoms with van der Waals surface area (Å²) < 4.78 is 0. The molecule has 0 aromatic rings. The van der Waals surface area contributed by atoms with Crippen molar-refractivity contribution in [3.63, 3.8) is 0 Å². The maximum absolute atomic E-state index is 5.57. The third kappa shape index (κ3) is 6.44.